The van der Waals surface area contributed by atoms with E-state index in [1.54, 1.807) is 34.6 Å². The number of rotatable bonds is 5. The van der Waals surface area contributed by atoms with E-state index in [4.69, 9.17) is 16.3 Å². The Kier molecular flexibility index (Phi) is 5.91. The second-order valence-corrected chi connectivity index (χ2v) is 9.01. The summed E-state index contributed by atoms with van der Waals surface area (Å²) in [5, 5.41) is 6.35. The first kappa shape index (κ1) is 20.6. The monoisotopic (exact) mass is 380 g/mol. The summed E-state index contributed by atoms with van der Waals surface area (Å²) in [5.41, 5.74) is -0.539. The SMILES string of the molecule is CC(C)(C)OC(=O)NC(C)(C)C(=O)NCC1(c2ccc(Cl)cc2)CCC1. The molecule has 1 aliphatic carbocycles. The maximum atomic E-state index is 12.6. The van der Waals surface area contributed by atoms with Gasteiger partial charge in [-0.25, -0.2) is 4.79 Å². The highest BCUT2D eigenvalue weighted by atomic mass is 35.5. The van der Waals surface area contributed by atoms with Gasteiger partial charge in [0.1, 0.15) is 11.1 Å². The van der Waals surface area contributed by atoms with Crippen LogP contribution in [0.25, 0.3) is 0 Å². The summed E-state index contributed by atoms with van der Waals surface area (Å²) in [7, 11) is 0. The van der Waals surface area contributed by atoms with E-state index in [0.29, 0.717) is 11.6 Å². The molecule has 2 amide bonds. The average molecular weight is 381 g/mol. The molecule has 144 valence electrons. The lowest BCUT2D eigenvalue weighted by atomic mass is 9.64. The molecule has 0 aromatic heterocycles. The molecule has 1 fully saturated rings. The van der Waals surface area contributed by atoms with Crippen LogP contribution in [0.5, 0.6) is 0 Å². The third-order valence-electron chi connectivity index (χ3n) is 4.74. The molecule has 2 rings (SSSR count). The first-order valence-corrected chi connectivity index (χ1v) is 9.37. The van der Waals surface area contributed by atoms with Gasteiger partial charge in [0.25, 0.3) is 0 Å². The van der Waals surface area contributed by atoms with Gasteiger partial charge in [-0.15, -0.1) is 0 Å². The van der Waals surface area contributed by atoms with Crippen LogP contribution in [0.1, 0.15) is 59.4 Å². The van der Waals surface area contributed by atoms with Crippen LogP contribution in [0.3, 0.4) is 0 Å². The number of benzene rings is 1. The second kappa shape index (κ2) is 7.47. The van der Waals surface area contributed by atoms with Gasteiger partial charge >= 0.3 is 6.09 Å². The Labute approximate surface area is 160 Å². The van der Waals surface area contributed by atoms with E-state index in [-0.39, 0.29) is 11.3 Å². The van der Waals surface area contributed by atoms with Crippen molar-refractivity contribution in [2.45, 2.75) is 70.4 Å². The number of nitrogens with one attached hydrogen (secondary N) is 2. The van der Waals surface area contributed by atoms with Gasteiger partial charge < -0.3 is 15.4 Å². The number of halogens is 1. The van der Waals surface area contributed by atoms with Crippen molar-refractivity contribution in [2.75, 3.05) is 6.54 Å². The van der Waals surface area contributed by atoms with Gasteiger partial charge in [0, 0.05) is 17.0 Å². The largest absolute Gasteiger partial charge is 0.444 e. The highest BCUT2D eigenvalue weighted by molar-refractivity contribution is 6.30. The molecule has 2 N–H and O–H groups in total. The van der Waals surface area contributed by atoms with Gasteiger partial charge in [0.05, 0.1) is 0 Å². The van der Waals surface area contributed by atoms with Crippen molar-refractivity contribution in [3.63, 3.8) is 0 Å². The first-order chi connectivity index (χ1) is 11.9. The van der Waals surface area contributed by atoms with Crippen LogP contribution < -0.4 is 10.6 Å². The van der Waals surface area contributed by atoms with E-state index >= 15 is 0 Å². The third-order valence-corrected chi connectivity index (χ3v) is 4.99. The van der Waals surface area contributed by atoms with Gasteiger partial charge in [0.2, 0.25) is 5.91 Å². The summed E-state index contributed by atoms with van der Waals surface area (Å²) in [6, 6.07) is 7.81. The van der Waals surface area contributed by atoms with Crippen LogP contribution in [0.2, 0.25) is 5.02 Å². The molecule has 0 saturated heterocycles. The van der Waals surface area contributed by atoms with Crippen LogP contribution in [0.4, 0.5) is 4.79 Å². The predicted molar refractivity (Wildman–Crippen MR) is 103 cm³/mol. The summed E-state index contributed by atoms with van der Waals surface area (Å²) in [4.78, 5) is 24.6. The summed E-state index contributed by atoms with van der Waals surface area (Å²) >= 11 is 5.98. The van der Waals surface area contributed by atoms with Gasteiger partial charge in [-0.1, -0.05) is 30.2 Å². The molecule has 0 unspecified atom stereocenters. The quantitative estimate of drug-likeness (QED) is 0.805. The zero-order valence-electron chi connectivity index (χ0n) is 16.2. The van der Waals surface area contributed by atoms with Crippen molar-refractivity contribution in [3.05, 3.63) is 34.9 Å². The highest BCUT2D eigenvalue weighted by Crippen LogP contribution is 2.43. The van der Waals surface area contributed by atoms with Crippen molar-refractivity contribution in [1.29, 1.82) is 0 Å². The molecule has 6 heteroatoms. The molecule has 1 aliphatic rings. The van der Waals surface area contributed by atoms with Crippen LogP contribution in [-0.4, -0.2) is 29.7 Å². The topological polar surface area (TPSA) is 67.4 Å². The molecule has 0 heterocycles. The Morgan fingerprint density at radius 1 is 1.12 bits per heavy atom. The first-order valence-electron chi connectivity index (χ1n) is 8.99. The minimum atomic E-state index is -1.06. The molecule has 0 bridgehead atoms. The third kappa shape index (κ3) is 5.13. The number of amides is 2. The molecule has 0 atom stereocenters. The molecule has 1 aromatic rings. The average Bonchev–Trinajstić information content (AvgIpc) is 2.44. The lowest BCUT2D eigenvalue weighted by Crippen LogP contribution is -2.58. The summed E-state index contributed by atoms with van der Waals surface area (Å²) in [5.74, 6) is -0.233. The number of carbonyl (C=O) groups is 2. The van der Waals surface area contributed by atoms with Gasteiger partial charge in [-0.3, -0.25) is 4.79 Å². The van der Waals surface area contributed by atoms with Gasteiger partial charge in [-0.2, -0.15) is 0 Å². The van der Waals surface area contributed by atoms with E-state index in [9.17, 15) is 9.59 Å². The minimum Gasteiger partial charge on any atom is -0.444 e. The maximum absolute atomic E-state index is 12.6. The van der Waals surface area contributed by atoms with Crippen molar-refractivity contribution in [1.82, 2.24) is 10.6 Å². The van der Waals surface area contributed by atoms with Crippen LogP contribution in [0.15, 0.2) is 24.3 Å². The number of carbonyl (C=O) groups excluding carboxylic acids is 2. The van der Waals surface area contributed by atoms with Crippen LogP contribution in [0, 0.1) is 0 Å². The Balaban J connectivity index is 1.97. The van der Waals surface area contributed by atoms with E-state index in [2.05, 4.69) is 10.6 Å². The lowest BCUT2D eigenvalue weighted by Gasteiger charge is -2.43. The van der Waals surface area contributed by atoms with Crippen molar-refractivity contribution < 1.29 is 14.3 Å². The maximum Gasteiger partial charge on any atom is 0.408 e. The number of hydrogen-bond acceptors (Lipinski definition) is 3. The molecule has 26 heavy (non-hydrogen) atoms. The van der Waals surface area contributed by atoms with E-state index in [1.807, 2.05) is 24.3 Å². The smallest absolute Gasteiger partial charge is 0.408 e. The molecular formula is C20H29ClN2O3. The minimum absolute atomic E-state index is 0.0533. The normalized spacial score (nSPS) is 16.4. The fraction of sp³-hybridized carbons (Fsp3) is 0.600. The zero-order chi connectivity index (χ0) is 19.6. The molecule has 0 radical (unpaired) electrons. The Bertz CT molecular complexity index is 659. The number of ether oxygens (including phenoxy) is 1. The summed E-state index contributed by atoms with van der Waals surface area (Å²) in [6.07, 6.45) is 2.58. The Hall–Kier alpha value is -1.75. The standard InChI is InChI=1S/C20H29ClN2O3/c1-18(2,3)26-17(25)23-19(4,5)16(24)22-13-20(11-6-12-20)14-7-9-15(21)10-8-14/h7-10H,6,11-13H2,1-5H3,(H,22,24)(H,23,25). The summed E-state index contributed by atoms with van der Waals surface area (Å²) < 4.78 is 5.24. The molecule has 0 aliphatic heterocycles. The van der Waals surface area contributed by atoms with Gasteiger partial charge in [-0.05, 0) is 65.2 Å². The fourth-order valence-corrected chi connectivity index (χ4v) is 3.19. The predicted octanol–water partition coefficient (Wildman–Crippen LogP) is 4.18. The zero-order valence-corrected chi connectivity index (χ0v) is 17.0. The molecule has 5 nitrogen and oxygen atoms in total. The Morgan fingerprint density at radius 3 is 2.15 bits per heavy atom. The molecule has 1 aromatic carbocycles. The summed E-state index contributed by atoms with van der Waals surface area (Å²) in [6.45, 7) is 9.22. The van der Waals surface area contributed by atoms with E-state index in [0.717, 1.165) is 19.3 Å². The molecular weight excluding hydrogens is 352 g/mol. The van der Waals surface area contributed by atoms with Crippen molar-refractivity contribution >= 4 is 23.6 Å². The van der Waals surface area contributed by atoms with Crippen LogP contribution >= 0.6 is 11.6 Å². The molecule has 1 saturated carbocycles. The van der Waals surface area contributed by atoms with Crippen molar-refractivity contribution in [2.24, 2.45) is 0 Å². The van der Waals surface area contributed by atoms with Gasteiger partial charge in [0.15, 0.2) is 0 Å². The van der Waals surface area contributed by atoms with E-state index < -0.39 is 17.2 Å². The van der Waals surface area contributed by atoms with Crippen molar-refractivity contribution in [3.8, 4) is 0 Å². The Morgan fingerprint density at radius 2 is 1.69 bits per heavy atom. The van der Waals surface area contributed by atoms with E-state index in [1.165, 1.54) is 5.56 Å². The second-order valence-electron chi connectivity index (χ2n) is 8.58. The van der Waals surface area contributed by atoms with Crippen LogP contribution in [-0.2, 0) is 14.9 Å². The fourth-order valence-electron chi connectivity index (χ4n) is 3.06. The highest BCUT2D eigenvalue weighted by Gasteiger charge is 2.40. The lowest BCUT2D eigenvalue weighted by molar-refractivity contribution is -0.126. The molecule has 0 spiro atoms. The number of alkyl carbamates (subject to hydrolysis) is 1. The number of hydrogen-bond donors (Lipinski definition) is 2.